The Morgan fingerprint density at radius 3 is 2.29 bits per heavy atom. The fourth-order valence-electron chi connectivity index (χ4n) is 4.73. The lowest BCUT2D eigenvalue weighted by Gasteiger charge is -2.43. The Hall–Kier alpha value is -3.48. The predicted octanol–water partition coefficient (Wildman–Crippen LogP) is 4.53. The minimum atomic E-state index is -0.755. The van der Waals surface area contributed by atoms with Gasteiger partial charge in [-0.25, -0.2) is 0 Å². The van der Waals surface area contributed by atoms with Crippen molar-refractivity contribution in [3.05, 3.63) is 89.5 Å². The molecule has 2 aliphatic heterocycles. The van der Waals surface area contributed by atoms with Crippen LogP contribution in [0.2, 0.25) is 0 Å². The molecule has 1 amide bonds. The Morgan fingerprint density at radius 2 is 1.60 bits per heavy atom. The zero-order valence-electron chi connectivity index (χ0n) is 20.2. The van der Waals surface area contributed by atoms with E-state index in [4.69, 9.17) is 9.47 Å². The molecule has 0 N–H and O–H groups in total. The molecule has 0 unspecified atom stereocenters. The van der Waals surface area contributed by atoms with Gasteiger partial charge in [-0.15, -0.1) is 0 Å². The Balaban J connectivity index is 1.23. The van der Waals surface area contributed by atoms with Crippen LogP contribution in [0, 0.1) is 0 Å². The number of fused-ring (bicyclic) bond motifs is 1. The van der Waals surface area contributed by atoms with Gasteiger partial charge in [0.2, 0.25) is 11.6 Å². The van der Waals surface area contributed by atoms with Crippen LogP contribution in [0.1, 0.15) is 34.3 Å². The van der Waals surface area contributed by atoms with E-state index in [1.54, 1.807) is 29.2 Å². The molecular weight excluding hydrogens is 440 g/mol. The molecule has 5 rings (SSSR count). The Labute approximate surface area is 206 Å². The van der Waals surface area contributed by atoms with Crippen LogP contribution >= 0.6 is 0 Å². The van der Waals surface area contributed by atoms with Gasteiger partial charge in [-0.3, -0.25) is 9.59 Å². The maximum Gasteiger partial charge on any atom is 0.294 e. The summed E-state index contributed by atoms with van der Waals surface area (Å²) in [5.41, 5.74) is 5.00. The van der Waals surface area contributed by atoms with Crippen molar-refractivity contribution in [1.29, 1.82) is 0 Å². The minimum absolute atomic E-state index is 0.417. The quantitative estimate of drug-likeness (QED) is 0.405. The van der Waals surface area contributed by atoms with Gasteiger partial charge < -0.3 is 19.3 Å². The normalized spacial score (nSPS) is 16.6. The average molecular weight is 471 g/mol. The van der Waals surface area contributed by atoms with Crippen molar-refractivity contribution in [1.82, 2.24) is 9.80 Å². The maximum atomic E-state index is 12.7. The summed E-state index contributed by atoms with van der Waals surface area (Å²) in [6.07, 6.45) is 1.05. The zero-order chi connectivity index (χ0) is 24.4. The molecule has 6 nitrogen and oxygen atoms in total. The van der Waals surface area contributed by atoms with E-state index in [2.05, 4.69) is 55.4 Å². The second-order valence-electron chi connectivity index (χ2n) is 9.55. The van der Waals surface area contributed by atoms with E-state index in [-0.39, 0.29) is 0 Å². The lowest BCUT2D eigenvalue weighted by molar-refractivity contribution is -0.227. The van der Waals surface area contributed by atoms with E-state index in [9.17, 15) is 9.59 Å². The number of ketones is 1. The number of nitrogens with zero attached hydrogens (tertiary/aromatic N) is 2. The number of rotatable bonds is 5. The van der Waals surface area contributed by atoms with Crippen LogP contribution in [0.25, 0.3) is 11.1 Å². The molecule has 0 aromatic heterocycles. The van der Waals surface area contributed by atoms with Gasteiger partial charge >= 0.3 is 0 Å². The number of benzene rings is 3. The van der Waals surface area contributed by atoms with Gasteiger partial charge in [0.25, 0.3) is 5.91 Å². The summed E-state index contributed by atoms with van der Waals surface area (Å²) < 4.78 is 12.5. The SMILES string of the molecule is CN(C)Cc1ccc(-c2ccc3c(c2)COC2(CCN(C(=O)C(=O)c4ccccc4)CC2)O3)cc1. The van der Waals surface area contributed by atoms with Crippen LogP contribution in [0.3, 0.4) is 0 Å². The first-order chi connectivity index (χ1) is 16.9. The summed E-state index contributed by atoms with van der Waals surface area (Å²) >= 11 is 0. The van der Waals surface area contributed by atoms with Crippen molar-refractivity contribution in [2.24, 2.45) is 0 Å². The summed E-state index contributed by atoms with van der Waals surface area (Å²) in [4.78, 5) is 29.0. The van der Waals surface area contributed by atoms with Gasteiger partial charge in [0.1, 0.15) is 5.75 Å². The van der Waals surface area contributed by atoms with Crippen molar-refractivity contribution in [3.63, 3.8) is 0 Å². The third-order valence-corrected chi connectivity index (χ3v) is 6.68. The number of Topliss-reactive ketones (excluding diaryl/α,β-unsaturated/α-hetero) is 1. The lowest BCUT2D eigenvalue weighted by Crippen LogP contribution is -2.53. The third-order valence-electron chi connectivity index (χ3n) is 6.68. The van der Waals surface area contributed by atoms with E-state index in [0.717, 1.165) is 29.0 Å². The maximum absolute atomic E-state index is 12.7. The van der Waals surface area contributed by atoms with E-state index in [0.29, 0.717) is 38.1 Å². The average Bonchev–Trinajstić information content (AvgIpc) is 2.89. The molecular formula is C29H30N2O4. The molecule has 3 aromatic rings. The summed E-state index contributed by atoms with van der Waals surface area (Å²) in [5, 5.41) is 0. The third kappa shape index (κ3) is 4.99. The van der Waals surface area contributed by atoms with Gasteiger partial charge in [0.05, 0.1) is 6.61 Å². The summed E-state index contributed by atoms with van der Waals surface area (Å²) in [7, 11) is 4.13. The first-order valence-corrected chi connectivity index (χ1v) is 12.0. The van der Waals surface area contributed by atoms with Gasteiger partial charge in [0.15, 0.2) is 0 Å². The second kappa shape index (κ2) is 9.64. The van der Waals surface area contributed by atoms with Gasteiger partial charge in [0, 0.05) is 43.6 Å². The standard InChI is InChI=1S/C29H30N2O4/c1-30(2)19-21-8-10-22(11-9-21)24-12-13-26-25(18-24)20-34-29(35-26)14-16-31(17-15-29)28(33)27(32)23-6-4-3-5-7-23/h3-13,18H,14-17,19-20H2,1-2H3. The fourth-order valence-corrected chi connectivity index (χ4v) is 4.73. The van der Waals surface area contributed by atoms with Crippen molar-refractivity contribution < 1.29 is 19.1 Å². The molecule has 1 saturated heterocycles. The topological polar surface area (TPSA) is 59.1 Å². The van der Waals surface area contributed by atoms with E-state index < -0.39 is 17.5 Å². The number of hydrogen-bond donors (Lipinski definition) is 0. The number of ether oxygens (including phenoxy) is 2. The van der Waals surface area contributed by atoms with Crippen LogP contribution in [-0.2, 0) is 22.7 Å². The Kier molecular flexibility index (Phi) is 6.41. The molecule has 3 aromatic carbocycles. The van der Waals surface area contributed by atoms with Crippen LogP contribution < -0.4 is 4.74 Å². The molecule has 0 saturated carbocycles. The monoisotopic (exact) mass is 470 g/mol. The molecule has 1 fully saturated rings. The van der Waals surface area contributed by atoms with Crippen LogP contribution in [-0.4, -0.2) is 54.5 Å². The predicted molar refractivity (Wildman–Crippen MR) is 134 cm³/mol. The molecule has 6 heteroatoms. The molecule has 2 aliphatic rings. The molecule has 0 radical (unpaired) electrons. The highest BCUT2D eigenvalue weighted by molar-refractivity contribution is 6.42. The van der Waals surface area contributed by atoms with E-state index in [1.807, 2.05) is 12.1 Å². The van der Waals surface area contributed by atoms with E-state index in [1.165, 1.54) is 5.56 Å². The smallest absolute Gasteiger partial charge is 0.294 e. The van der Waals surface area contributed by atoms with Gasteiger partial charge in [-0.05, 0) is 42.9 Å². The number of amides is 1. The zero-order valence-corrected chi connectivity index (χ0v) is 20.2. The number of likely N-dealkylation sites (tertiary alicyclic amines) is 1. The molecule has 180 valence electrons. The van der Waals surface area contributed by atoms with Crippen molar-refractivity contribution in [2.45, 2.75) is 31.8 Å². The summed E-state index contributed by atoms with van der Waals surface area (Å²) in [6, 6.07) is 23.5. The van der Waals surface area contributed by atoms with Crippen LogP contribution in [0.5, 0.6) is 5.75 Å². The van der Waals surface area contributed by atoms with Crippen molar-refractivity contribution in [2.75, 3.05) is 27.2 Å². The highest BCUT2D eigenvalue weighted by Gasteiger charge is 2.42. The number of carbonyl (C=O) groups excluding carboxylic acids is 2. The summed E-state index contributed by atoms with van der Waals surface area (Å²) in [6.45, 7) is 2.21. The molecule has 35 heavy (non-hydrogen) atoms. The fraction of sp³-hybridized carbons (Fsp3) is 0.310. The second-order valence-corrected chi connectivity index (χ2v) is 9.55. The number of hydrogen-bond acceptors (Lipinski definition) is 5. The highest BCUT2D eigenvalue weighted by atomic mass is 16.7. The summed E-state index contributed by atoms with van der Waals surface area (Å²) in [5.74, 6) is -0.873. The highest BCUT2D eigenvalue weighted by Crippen LogP contribution is 2.39. The first kappa shape index (κ1) is 23.3. The molecule has 0 aliphatic carbocycles. The number of piperidine rings is 1. The minimum Gasteiger partial charge on any atom is -0.462 e. The Morgan fingerprint density at radius 1 is 0.914 bits per heavy atom. The molecule has 0 bridgehead atoms. The lowest BCUT2D eigenvalue weighted by atomic mass is 9.98. The van der Waals surface area contributed by atoms with Gasteiger partial charge in [-0.1, -0.05) is 60.7 Å². The molecule has 2 heterocycles. The number of carbonyl (C=O) groups is 2. The Bertz CT molecular complexity index is 1210. The van der Waals surface area contributed by atoms with Crippen LogP contribution in [0.15, 0.2) is 72.8 Å². The largest absolute Gasteiger partial charge is 0.462 e. The van der Waals surface area contributed by atoms with Crippen molar-refractivity contribution in [3.8, 4) is 16.9 Å². The first-order valence-electron chi connectivity index (χ1n) is 12.0. The van der Waals surface area contributed by atoms with Crippen LogP contribution in [0.4, 0.5) is 0 Å². The van der Waals surface area contributed by atoms with Gasteiger partial charge in [-0.2, -0.15) is 0 Å². The molecule has 1 spiro atoms. The molecule has 0 atom stereocenters. The van der Waals surface area contributed by atoms with Crippen molar-refractivity contribution >= 4 is 11.7 Å². The van der Waals surface area contributed by atoms with E-state index >= 15 is 0 Å².